The van der Waals surface area contributed by atoms with Crippen LogP contribution >= 0.6 is 11.6 Å². The average molecular weight is 182 g/mol. The van der Waals surface area contributed by atoms with Crippen LogP contribution in [-0.4, -0.2) is 6.04 Å². The Labute approximate surface area is 77.5 Å². The van der Waals surface area contributed by atoms with Crippen LogP contribution in [0, 0.1) is 6.92 Å². The van der Waals surface area contributed by atoms with Crippen LogP contribution in [0.1, 0.15) is 23.5 Å². The molecular weight excluding hydrogens is 170 g/mol. The predicted octanol–water partition coefficient (Wildman–Crippen LogP) is 2.46. The number of halogens is 1. The van der Waals surface area contributed by atoms with Gasteiger partial charge in [0.25, 0.3) is 0 Å². The molecule has 2 N–H and O–H groups in total. The van der Waals surface area contributed by atoms with Gasteiger partial charge in [0.05, 0.1) is 0 Å². The van der Waals surface area contributed by atoms with E-state index in [-0.39, 0.29) is 0 Å². The van der Waals surface area contributed by atoms with Gasteiger partial charge in [-0.05, 0) is 30.5 Å². The largest absolute Gasteiger partial charge is 0.327 e. The van der Waals surface area contributed by atoms with E-state index in [1.54, 1.807) is 0 Å². The molecule has 0 heterocycles. The van der Waals surface area contributed by atoms with Crippen molar-refractivity contribution in [1.29, 1.82) is 0 Å². The van der Waals surface area contributed by atoms with Crippen molar-refractivity contribution in [2.45, 2.75) is 25.3 Å². The lowest BCUT2D eigenvalue weighted by Gasteiger charge is -2.02. The third-order valence-electron chi connectivity index (χ3n) is 2.40. The standard InChI is InChI=1S/C10H12ClN/c1-6-2-3-7(9(11)4-6)8-5-10(8)12/h2-4,8,10H,5,12H2,1H3/t8-,10+/m0/s1. The molecule has 0 spiro atoms. The van der Waals surface area contributed by atoms with E-state index < -0.39 is 0 Å². The summed E-state index contributed by atoms with van der Waals surface area (Å²) in [6.07, 6.45) is 1.09. The molecule has 0 unspecified atom stereocenters. The summed E-state index contributed by atoms with van der Waals surface area (Å²) in [6, 6.07) is 6.52. The first kappa shape index (κ1) is 8.09. The highest BCUT2D eigenvalue weighted by Crippen LogP contribution is 2.42. The van der Waals surface area contributed by atoms with Gasteiger partial charge < -0.3 is 5.73 Å². The van der Waals surface area contributed by atoms with E-state index in [0.717, 1.165) is 11.4 Å². The third kappa shape index (κ3) is 1.35. The molecule has 1 saturated carbocycles. The van der Waals surface area contributed by atoms with Crippen LogP contribution in [0.2, 0.25) is 5.02 Å². The van der Waals surface area contributed by atoms with E-state index in [2.05, 4.69) is 12.1 Å². The number of hydrogen-bond donors (Lipinski definition) is 1. The Balaban J connectivity index is 2.33. The lowest BCUT2D eigenvalue weighted by atomic mass is 10.1. The zero-order chi connectivity index (χ0) is 8.72. The molecule has 64 valence electrons. The summed E-state index contributed by atoms with van der Waals surface area (Å²) < 4.78 is 0. The molecule has 2 heteroatoms. The van der Waals surface area contributed by atoms with Crippen molar-refractivity contribution in [3.8, 4) is 0 Å². The zero-order valence-electron chi connectivity index (χ0n) is 7.05. The first-order valence-corrected chi connectivity index (χ1v) is 4.58. The second-order valence-electron chi connectivity index (χ2n) is 3.53. The van der Waals surface area contributed by atoms with Gasteiger partial charge in [0.2, 0.25) is 0 Å². The van der Waals surface area contributed by atoms with Gasteiger partial charge in [0.15, 0.2) is 0 Å². The van der Waals surface area contributed by atoms with Crippen LogP contribution in [0.3, 0.4) is 0 Å². The molecule has 1 aliphatic rings. The molecule has 1 nitrogen and oxygen atoms in total. The Bertz CT molecular complexity index is 309. The fourth-order valence-electron chi connectivity index (χ4n) is 1.51. The summed E-state index contributed by atoms with van der Waals surface area (Å²) in [5, 5.41) is 0.868. The molecule has 1 aliphatic carbocycles. The van der Waals surface area contributed by atoms with Crippen molar-refractivity contribution < 1.29 is 0 Å². The molecule has 0 aliphatic heterocycles. The van der Waals surface area contributed by atoms with Gasteiger partial charge in [-0.15, -0.1) is 0 Å². The lowest BCUT2D eigenvalue weighted by molar-refractivity contribution is 0.990. The monoisotopic (exact) mass is 181 g/mol. The van der Waals surface area contributed by atoms with Crippen LogP contribution < -0.4 is 5.73 Å². The van der Waals surface area contributed by atoms with E-state index >= 15 is 0 Å². The predicted molar refractivity (Wildman–Crippen MR) is 51.5 cm³/mol. The van der Waals surface area contributed by atoms with Crippen LogP contribution in [0.5, 0.6) is 0 Å². The molecular formula is C10H12ClN. The lowest BCUT2D eigenvalue weighted by Crippen LogP contribution is -2.01. The second-order valence-corrected chi connectivity index (χ2v) is 3.94. The molecule has 12 heavy (non-hydrogen) atoms. The minimum atomic E-state index is 0.338. The van der Waals surface area contributed by atoms with E-state index in [9.17, 15) is 0 Å². The molecule has 1 aromatic rings. The molecule has 1 aromatic carbocycles. The van der Waals surface area contributed by atoms with E-state index in [0.29, 0.717) is 12.0 Å². The maximum atomic E-state index is 6.07. The second kappa shape index (κ2) is 2.75. The van der Waals surface area contributed by atoms with Gasteiger partial charge in [0, 0.05) is 17.0 Å². The van der Waals surface area contributed by atoms with Gasteiger partial charge in [-0.2, -0.15) is 0 Å². The smallest absolute Gasteiger partial charge is 0.0444 e. The average Bonchev–Trinajstić information content (AvgIpc) is 2.66. The van der Waals surface area contributed by atoms with Crippen LogP contribution in [0.25, 0.3) is 0 Å². The fraction of sp³-hybridized carbons (Fsp3) is 0.400. The van der Waals surface area contributed by atoms with Crippen molar-refractivity contribution >= 4 is 11.6 Å². The third-order valence-corrected chi connectivity index (χ3v) is 2.72. The maximum absolute atomic E-state index is 6.07. The van der Waals surface area contributed by atoms with Gasteiger partial charge in [-0.3, -0.25) is 0 Å². The Morgan fingerprint density at radius 2 is 2.17 bits per heavy atom. The zero-order valence-corrected chi connectivity index (χ0v) is 7.81. The van der Waals surface area contributed by atoms with Crippen LogP contribution in [0.15, 0.2) is 18.2 Å². The highest BCUT2D eigenvalue weighted by Gasteiger charge is 2.35. The van der Waals surface area contributed by atoms with E-state index in [4.69, 9.17) is 17.3 Å². The number of rotatable bonds is 1. The Kier molecular flexibility index (Phi) is 1.85. The number of hydrogen-bond acceptors (Lipinski definition) is 1. The number of benzene rings is 1. The normalized spacial score (nSPS) is 27.2. The Morgan fingerprint density at radius 3 is 2.67 bits per heavy atom. The Morgan fingerprint density at radius 1 is 1.50 bits per heavy atom. The minimum absolute atomic E-state index is 0.338. The van der Waals surface area contributed by atoms with E-state index in [1.807, 2.05) is 13.0 Å². The first-order chi connectivity index (χ1) is 5.68. The topological polar surface area (TPSA) is 26.0 Å². The van der Waals surface area contributed by atoms with Crippen molar-refractivity contribution in [1.82, 2.24) is 0 Å². The Hall–Kier alpha value is -0.530. The summed E-state index contributed by atoms with van der Waals surface area (Å²) >= 11 is 6.07. The van der Waals surface area contributed by atoms with Gasteiger partial charge in [-0.25, -0.2) is 0 Å². The fourth-order valence-corrected chi connectivity index (χ4v) is 1.88. The van der Waals surface area contributed by atoms with E-state index in [1.165, 1.54) is 11.1 Å². The van der Waals surface area contributed by atoms with Crippen molar-refractivity contribution in [3.63, 3.8) is 0 Å². The molecule has 0 bridgehead atoms. The van der Waals surface area contributed by atoms with Crippen LogP contribution in [0.4, 0.5) is 0 Å². The summed E-state index contributed by atoms with van der Waals surface area (Å²) in [7, 11) is 0. The summed E-state index contributed by atoms with van der Waals surface area (Å²) in [6.45, 7) is 2.04. The highest BCUT2D eigenvalue weighted by molar-refractivity contribution is 6.31. The van der Waals surface area contributed by atoms with Gasteiger partial charge in [-0.1, -0.05) is 23.7 Å². The van der Waals surface area contributed by atoms with Gasteiger partial charge in [0.1, 0.15) is 0 Å². The minimum Gasteiger partial charge on any atom is -0.327 e. The molecule has 1 fully saturated rings. The molecule has 0 aromatic heterocycles. The molecule has 2 atom stereocenters. The summed E-state index contributed by atoms with van der Waals surface area (Å²) in [5.74, 6) is 0.512. The van der Waals surface area contributed by atoms with Crippen LogP contribution in [-0.2, 0) is 0 Å². The van der Waals surface area contributed by atoms with Gasteiger partial charge >= 0.3 is 0 Å². The van der Waals surface area contributed by atoms with Crippen molar-refractivity contribution in [2.75, 3.05) is 0 Å². The molecule has 0 amide bonds. The molecule has 0 saturated heterocycles. The number of nitrogens with two attached hydrogens (primary N) is 1. The SMILES string of the molecule is Cc1ccc([C@@H]2C[C@H]2N)c(Cl)c1. The first-order valence-electron chi connectivity index (χ1n) is 4.20. The maximum Gasteiger partial charge on any atom is 0.0444 e. The van der Waals surface area contributed by atoms with Crippen molar-refractivity contribution in [2.24, 2.45) is 5.73 Å². The summed E-state index contributed by atoms with van der Waals surface area (Å²) in [4.78, 5) is 0. The summed E-state index contributed by atoms with van der Waals surface area (Å²) in [5.41, 5.74) is 8.17. The highest BCUT2D eigenvalue weighted by atomic mass is 35.5. The molecule has 0 radical (unpaired) electrons. The quantitative estimate of drug-likeness (QED) is 0.708. The number of aryl methyl sites for hydroxylation is 1. The molecule has 2 rings (SSSR count). The van der Waals surface area contributed by atoms with Crippen molar-refractivity contribution in [3.05, 3.63) is 34.3 Å².